The van der Waals surface area contributed by atoms with Crippen LogP contribution in [0.15, 0.2) is 54.6 Å². The minimum Gasteiger partial charge on any atom is -0.494 e. The number of carbonyl (C=O) groups is 2. The van der Waals surface area contributed by atoms with Crippen molar-refractivity contribution in [3.8, 4) is 5.75 Å². The second kappa shape index (κ2) is 13.2. The van der Waals surface area contributed by atoms with Crippen molar-refractivity contribution in [1.29, 1.82) is 0 Å². The molecule has 0 saturated heterocycles. The molecular formula is C27H35ClN2O3. The molecule has 0 radical (unpaired) electrons. The van der Waals surface area contributed by atoms with Crippen LogP contribution in [0.4, 0.5) is 0 Å². The standard InChI is InChI=1S/C27H35ClN2O3/c1-2-25(27(32)29-23-11-6-7-12-23)30(19-18-21-9-4-3-5-10-21)26(31)13-8-20-33-24-16-14-22(28)15-17-24/h3-5,9-10,14-17,23,25H,2,6-8,11-13,18-20H2,1H3,(H,29,32)/t25-/m1/s1. The quantitative estimate of drug-likeness (QED) is 0.422. The van der Waals surface area contributed by atoms with E-state index in [1.54, 1.807) is 17.0 Å². The lowest BCUT2D eigenvalue weighted by atomic mass is 10.1. The Kier molecular flexibility index (Phi) is 10.1. The Labute approximate surface area is 202 Å². The van der Waals surface area contributed by atoms with Gasteiger partial charge < -0.3 is 15.0 Å². The van der Waals surface area contributed by atoms with Gasteiger partial charge in [-0.1, -0.05) is 61.7 Å². The Morgan fingerprint density at radius 3 is 2.45 bits per heavy atom. The number of amides is 2. The van der Waals surface area contributed by atoms with Gasteiger partial charge in [0.25, 0.3) is 0 Å². The first-order valence-corrected chi connectivity index (χ1v) is 12.5. The van der Waals surface area contributed by atoms with E-state index >= 15 is 0 Å². The fraction of sp³-hybridized carbons (Fsp3) is 0.481. The molecule has 1 atom stereocenters. The van der Waals surface area contributed by atoms with Crippen molar-refractivity contribution in [2.24, 2.45) is 0 Å². The second-order valence-electron chi connectivity index (χ2n) is 8.64. The highest BCUT2D eigenvalue weighted by Gasteiger charge is 2.30. The molecule has 178 valence electrons. The van der Waals surface area contributed by atoms with Crippen molar-refractivity contribution in [1.82, 2.24) is 10.2 Å². The first kappa shape index (κ1) is 25.1. The molecule has 0 spiro atoms. The number of nitrogens with one attached hydrogen (secondary N) is 1. The summed E-state index contributed by atoms with van der Waals surface area (Å²) in [4.78, 5) is 28.1. The number of carbonyl (C=O) groups excluding carboxylic acids is 2. The maximum absolute atomic E-state index is 13.2. The predicted molar refractivity (Wildman–Crippen MR) is 133 cm³/mol. The lowest BCUT2D eigenvalue weighted by molar-refractivity contribution is -0.141. The molecule has 0 aromatic heterocycles. The Bertz CT molecular complexity index is 867. The van der Waals surface area contributed by atoms with Gasteiger partial charge in [0.05, 0.1) is 6.61 Å². The molecule has 1 aliphatic rings. The number of hydrogen-bond acceptors (Lipinski definition) is 3. The van der Waals surface area contributed by atoms with Crippen LogP contribution < -0.4 is 10.1 Å². The van der Waals surface area contributed by atoms with Gasteiger partial charge in [-0.15, -0.1) is 0 Å². The fourth-order valence-corrected chi connectivity index (χ4v) is 4.48. The zero-order valence-corrected chi connectivity index (χ0v) is 20.2. The molecule has 0 heterocycles. The van der Waals surface area contributed by atoms with Crippen molar-refractivity contribution < 1.29 is 14.3 Å². The molecule has 1 aliphatic carbocycles. The summed E-state index contributed by atoms with van der Waals surface area (Å²) in [5, 5.41) is 3.85. The minimum atomic E-state index is -0.445. The summed E-state index contributed by atoms with van der Waals surface area (Å²) >= 11 is 5.91. The molecule has 0 unspecified atom stereocenters. The van der Waals surface area contributed by atoms with Crippen LogP contribution in [0.5, 0.6) is 5.75 Å². The zero-order valence-electron chi connectivity index (χ0n) is 19.5. The molecule has 2 aromatic carbocycles. The average Bonchev–Trinajstić information content (AvgIpc) is 3.34. The SMILES string of the molecule is CC[C@H](C(=O)NC1CCCC1)N(CCc1ccccc1)C(=O)CCCOc1ccc(Cl)cc1. The maximum Gasteiger partial charge on any atom is 0.243 e. The van der Waals surface area contributed by atoms with Gasteiger partial charge in [-0.25, -0.2) is 0 Å². The largest absolute Gasteiger partial charge is 0.494 e. The van der Waals surface area contributed by atoms with Gasteiger partial charge >= 0.3 is 0 Å². The number of rotatable bonds is 12. The van der Waals surface area contributed by atoms with Crippen LogP contribution in [0.25, 0.3) is 0 Å². The first-order valence-electron chi connectivity index (χ1n) is 12.1. The molecular weight excluding hydrogens is 436 g/mol. The number of ether oxygens (including phenoxy) is 1. The molecule has 33 heavy (non-hydrogen) atoms. The molecule has 2 aromatic rings. The van der Waals surface area contributed by atoms with Gasteiger partial charge in [0.1, 0.15) is 11.8 Å². The van der Waals surface area contributed by atoms with E-state index in [9.17, 15) is 9.59 Å². The van der Waals surface area contributed by atoms with Gasteiger partial charge in [-0.3, -0.25) is 9.59 Å². The van der Waals surface area contributed by atoms with Crippen LogP contribution in [0, 0.1) is 0 Å². The zero-order chi connectivity index (χ0) is 23.5. The summed E-state index contributed by atoms with van der Waals surface area (Å²) in [6.45, 7) is 2.94. The van der Waals surface area contributed by atoms with E-state index in [2.05, 4.69) is 17.4 Å². The summed E-state index contributed by atoms with van der Waals surface area (Å²) in [5.74, 6) is 0.706. The number of benzene rings is 2. The van der Waals surface area contributed by atoms with Gasteiger partial charge in [-0.2, -0.15) is 0 Å². The summed E-state index contributed by atoms with van der Waals surface area (Å²) in [7, 11) is 0. The van der Waals surface area contributed by atoms with E-state index < -0.39 is 6.04 Å². The molecule has 1 N–H and O–H groups in total. The second-order valence-corrected chi connectivity index (χ2v) is 9.08. The molecule has 0 aliphatic heterocycles. The predicted octanol–water partition coefficient (Wildman–Crippen LogP) is 5.41. The lowest BCUT2D eigenvalue weighted by Gasteiger charge is -2.31. The Hall–Kier alpha value is -2.53. The van der Waals surface area contributed by atoms with Crippen LogP contribution in [0.2, 0.25) is 5.02 Å². The van der Waals surface area contributed by atoms with E-state index in [1.807, 2.05) is 37.3 Å². The minimum absolute atomic E-state index is 0.000871. The Morgan fingerprint density at radius 2 is 1.79 bits per heavy atom. The van der Waals surface area contributed by atoms with E-state index in [4.69, 9.17) is 16.3 Å². The van der Waals surface area contributed by atoms with Crippen LogP contribution >= 0.6 is 11.6 Å². The molecule has 2 amide bonds. The van der Waals surface area contributed by atoms with Gasteiger partial charge in [0, 0.05) is 24.0 Å². The highest BCUT2D eigenvalue weighted by Crippen LogP contribution is 2.19. The Balaban J connectivity index is 1.59. The lowest BCUT2D eigenvalue weighted by Crippen LogP contribution is -2.51. The van der Waals surface area contributed by atoms with Crippen molar-refractivity contribution in [3.63, 3.8) is 0 Å². The normalized spacial score (nSPS) is 14.6. The summed E-state index contributed by atoms with van der Waals surface area (Å²) in [5.41, 5.74) is 1.16. The third-order valence-corrected chi connectivity index (χ3v) is 6.44. The topological polar surface area (TPSA) is 58.6 Å². The van der Waals surface area contributed by atoms with Crippen molar-refractivity contribution in [3.05, 3.63) is 65.2 Å². The monoisotopic (exact) mass is 470 g/mol. The highest BCUT2D eigenvalue weighted by molar-refractivity contribution is 6.30. The first-order chi connectivity index (χ1) is 16.1. The summed E-state index contributed by atoms with van der Waals surface area (Å²) in [6.07, 6.45) is 6.63. The number of nitrogens with zero attached hydrogens (tertiary/aromatic N) is 1. The molecule has 1 saturated carbocycles. The third-order valence-electron chi connectivity index (χ3n) is 6.19. The molecule has 1 fully saturated rings. The van der Waals surface area contributed by atoms with Crippen molar-refractivity contribution in [2.45, 2.75) is 70.4 Å². The maximum atomic E-state index is 13.2. The van der Waals surface area contributed by atoms with Crippen LogP contribution in [0.3, 0.4) is 0 Å². The van der Waals surface area contributed by atoms with Gasteiger partial charge in [-0.05, 0) is 61.9 Å². The average molecular weight is 471 g/mol. The molecule has 3 rings (SSSR count). The van der Waals surface area contributed by atoms with Crippen molar-refractivity contribution in [2.75, 3.05) is 13.2 Å². The summed E-state index contributed by atoms with van der Waals surface area (Å²) < 4.78 is 5.73. The van der Waals surface area contributed by atoms with Crippen molar-refractivity contribution >= 4 is 23.4 Å². The van der Waals surface area contributed by atoms with Crippen LogP contribution in [-0.4, -0.2) is 41.9 Å². The van der Waals surface area contributed by atoms with Crippen LogP contribution in [0.1, 0.15) is 57.4 Å². The number of hydrogen-bond donors (Lipinski definition) is 1. The highest BCUT2D eigenvalue weighted by atomic mass is 35.5. The summed E-state index contributed by atoms with van der Waals surface area (Å²) in [6, 6.07) is 17.1. The van der Waals surface area contributed by atoms with E-state index in [-0.39, 0.29) is 17.9 Å². The van der Waals surface area contributed by atoms with Gasteiger partial charge in [0.15, 0.2) is 0 Å². The Morgan fingerprint density at radius 1 is 1.09 bits per heavy atom. The van der Waals surface area contributed by atoms with E-state index in [1.165, 1.54) is 0 Å². The molecule has 0 bridgehead atoms. The van der Waals surface area contributed by atoms with E-state index in [0.29, 0.717) is 37.4 Å². The third kappa shape index (κ3) is 8.08. The van der Waals surface area contributed by atoms with Crippen LogP contribution in [-0.2, 0) is 16.0 Å². The smallest absolute Gasteiger partial charge is 0.243 e. The molecule has 6 heteroatoms. The van der Waals surface area contributed by atoms with E-state index in [0.717, 1.165) is 43.4 Å². The van der Waals surface area contributed by atoms with Gasteiger partial charge in [0.2, 0.25) is 11.8 Å². The fourth-order valence-electron chi connectivity index (χ4n) is 4.35. The molecule has 5 nitrogen and oxygen atoms in total. The number of halogens is 1.